The Kier molecular flexibility index (Phi) is 28.8. The molecule has 16 aromatic rings. The molecule has 19 heterocycles. The molecule has 0 aromatic carbocycles. The van der Waals surface area contributed by atoms with Crippen LogP contribution in [0, 0.1) is 27.7 Å². The van der Waals surface area contributed by atoms with E-state index in [4.69, 9.17) is 14.2 Å². The highest BCUT2D eigenvalue weighted by Crippen LogP contribution is 2.28. The fraction of sp³-hybridized carbons (Fsp3) is 0.208. The predicted octanol–water partition coefficient (Wildman–Crippen LogP) is 13.3. The van der Waals surface area contributed by atoms with Crippen molar-refractivity contribution in [3.05, 3.63) is 326 Å². The van der Waals surface area contributed by atoms with Gasteiger partial charge in [-0.15, -0.1) is 0 Å². The minimum atomic E-state index is -0.295. The molecule has 16 aromatic heterocycles. The average molecular weight is 1740 g/mol. The summed E-state index contributed by atoms with van der Waals surface area (Å²) in [5, 5.41) is 29.8. The van der Waals surface area contributed by atoms with Crippen LogP contribution in [-0.4, -0.2) is 218 Å². The van der Waals surface area contributed by atoms with Crippen LogP contribution in [0.5, 0.6) is 5.88 Å². The minimum absolute atomic E-state index is 0.229. The van der Waals surface area contributed by atoms with E-state index < -0.39 is 0 Å². The van der Waals surface area contributed by atoms with Crippen molar-refractivity contribution in [2.75, 3.05) is 112 Å². The number of nitrogens with zero attached hydrogens (tertiary/aromatic N) is 23. The number of morpholine rings is 2. The van der Waals surface area contributed by atoms with Crippen molar-refractivity contribution >= 4 is 52.7 Å². The van der Waals surface area contributed by atoms with E-state index in [1.165, 1.54) is 38.3 Å². The maximum absolute atomic E-state index is 12.6. The lowest BCUT2D eigenvalue weighted by atomic mass is 10.2. The van der Waals surface area contributed by atoms with E-state index in [9.17, 15) is 19.2 Å². The topological polar surface area (TPSA) is 380 Å². The van der Waals surface area contributed by atoms with Crippen LogP contribution in [0.25, 0.3) is 67.8 Å². The van der Waals surface area contributed by atoms with Gasteiger partial charge in [-0.2, -0.15) is 20.4 Å². The molecule has 3 aliphatic heterocycles. The Bertz CT molecular complexity index is 6380. The third-order valence-electron chi connectivity index (χ3n) is 21.3. The molecule has 0 bridgehead atoms. The number of carbonyl (C=O) groups is 4. The SMILES string of the molecule is Cc1cc(-c2cccnc2)n(-c2ccc(NC(=O)c3cccnc3)nc2)n1.Cc1cc(-c2cccnc2)nn1-c1ccc(NC(=O)c2ccc(CCN3CCCC3)nc2)nc1.Cc1cc(-c2cccnc2)nn1-c1ccc(NC(=O)c2ccc(N3CCOCC3)nc2)nc1.Cc1cc(-c2cccnc2)nn1-c1ccc(NC(=O)c2ccc(OCCN3CCOCC3)nc2)nc1. The molecular weight excluding hydrogens is 1640 g/mol. The Morgan fingerprint density at radius 1 is 0.354 bits per heavy atom. The number of pyridine rings is 12. The Hall–Kier alpha value is -16.0. The van der Waals surface area contributed by atoms with Crippen LogP contribution < -0.4 is 30.9 Å². The highest BCUT2D eigenvalue weighted by atomic mass is 16.5. The van der Waals surface area contributed by atoms with Gasteiger partial charge >= 0.3 is 0 Å². The lowest BCUT2D eigenvalue weighted by molar-refractivity contribution is 0.0320. The first-order chi connectivity index (χ1) is 63.7. The summed E-state index contributed by atoms with van der Waals surface area (Å²) in [6.45, 7) is 18.9. The molecule has 0 spiro atoms. The number of ether oxygens (including phenoxy) is 3. The fourth-order valence-corrected chi connectivity index (χ4v) is 14.4. The molecule has 3 aliphatic rings. The van der Waals surface area contributed by atoms with Gasteiger partial charge in [-0.05, 0) is 217 Å². The molecular formula is C96H93N27O7. The zero-order valence-corrected chi connectivity index (χ0v) is 71.9. The molecule has 4 amide bonds. The fourth-order valence-electron chi connectivity index (χ4n) is 14.4. The smallest absolute Gasteiger partial charge is 0.258 e. The first kappa shape index (κ1) is 87.4. The molecule has 34 heteroatoms. The molecule has 130 heavy (non-hydrogen) atoms. The largest absolute Gasteiger partial charge is 0.476 e. The van der Waals surface area contributed by atoms with Gasteiger partial charge in [-0.25, -0.2) is 48.6 Å². The van der Waals surface area contributed by atoms with Crippen molar-refractivity contribution in [3.63, 3.8) is 0 Å². The lowest BCUT2D eigenvalue weighted by Crippen LogP contribution is -2.38. The number of hydrogen-bond donors (Lipinski definition) is 4. The molecule has 0 radical (unpaired) electrons. The van der Waals surface area contributed by atoms with Crippen molar-refractivity contribution < 1.29 is 33.4 Å². The number of anilines is 5. The van der Waals surface area contributed by atoms with Gasteiger partial charge < -0.3 is 45.3 Å². The van der Waals surface area contributed by atoms with Crippen LogP contribution >= 0.6 is 0 Å². The molecule has 0 atom stereocenters. The predicted molar refractivity (Wildman–Crippen MR) is 491 cm³/mol. The van der Waals surface area contributed by atoms with E-state index in [0.29, 0.717) is 71.2 Å². The number of nitrogens with one attached hydrogen (secondary N) is 4. The molecule has 34 nitrogen and oxygen atoms in total. The summed E-state index contributed by atoms with van der Waals surface area (Å²) in [5.41, 5.74) is 17.2. The van der Waals surface area contributed by atoms with Gasteiger partial charge in [0.25, 0.3) is 23.6 Å². The number of likely N-dealkylation sites (tertiary alicyclic amines) is 1. The molecule has 0 aliphatic carbocycles. The van der Waals surface area contributed by atoms with Gasteiger partial charge in [-0.1, -0.05) is 0 Å². The number of amides is 4. The molecule has 19 rings (SSSR count). The summed E-state index contributed by atoms with van der Waals surface area (Å²) in [4.78, 5) is 108. The van der Waals surface area contributed by atoms with E-state index >= 15 is 0 Å². The van der Waals surface area contributed by atoms with Crippen LogP contribution in [0.4, 0.5) is 29.1 Å². The van der Waals surface area contributed by atoms with Crippen molar-refractivity contribution in [3.8, 4) is 73.7 Å². The normalized spacial score (nSPS) is 13.1. The zero-order valence-electron chi connectivity index (χ0n) is 71.9. The first-order valence-electron chi connectivity index (χ1n) is 42.4. The second-order valence-electron chi connectivity index (χ2n) is 30.5. The van der Waals surface area contributed by atoms with Crippen LogP contribution in [0.15, 0.2) is 275 Å². The molecule has 4 N–H and O–H groups in total. The van der Waals surface area contributed by atoms with Crippen LogP contribution in [0.3, 0.4) is 0 Å². The zero-order chi connectivity index (χ0) is 89.3. The number of aromatic nitrogens is 20. The van der Waals surface area contributed by atoms with Gasteiger partial charge in [0.15, 0.2) is 0 Å². The maximum atomic E-state index is 12.6. The molecule has 0 unspecified atom stereocenters. The third kappa shape index (κ3) is 23.2. The Labute approximate surface area is 749 Å². The van der Waals surface area contributed by atoms with Crippen molar-refractivity contribution in [2.24, 2.45) is 0 Å². The summed E-state index contributed by atoms with van der Waals surface area (Å²) < 4.78 is 23.7. The standard InChI is InChI=1S/C26H27N7O3.C26H27N7O.C24H23N7O2.C20H16N6O/c1-19-15-23(20-3-2-8-27-16-20)31-33(19)22-5-6-24(28-18-22)30-26(34)21-4-7-25(29-17-21)36-14-11-32-9-12-35-13-10-32;1-19-15-24(20-5-4-11-27-16-20)31-33(19)23-8-9-25(29-18-23)30-26(34)21-6-7-22(28-17-21)10-14-32-12-2-3-13-32;1-17-13-21(18-3-2-8-25-14-18)29-31(17)20-5-6-22(26-16-20)28-24(32)19-4-7-23(27-15-19)30-9-11-33-12-10-30;1-14-10-18(15-4-2-8-21-11-15)26(25-14)17-6-7-19(23-13-17)24-20(27)16-5-3-9-22-12-16/h2-8,15-18H,9-14H2,1H3,(H,28,30,34);4-9,11,15-18H,2-3,10,12-14H2,1H3,(H,29,30,34);2-8,13-16H,9-12H2,1H3,(H,26,28,32);2-13H,1H3,(H,23,24,27). The van der Waals surface area contributed by atoms with Gasteiger partial charge in [0.1, 0.15) is 35.7 Å². The summed E-state index contributed by atoms with van der Waals surface area (Å²) in [5.74, 6) is 2.12. The van der Waals surface area contributed by atoms with Crippen LogP contribution in [-0.2, 0) is 15.9 Å². The Balaban J connectivity index is 0.000000127. The third-order valence-corrected chi connectivity index (χ3v) is 21.3. The summed E-state index contributed by atoms with van der Waals surface area (Å²) >= 11 is 0. The lowest BCUT2D eigenvalue weighted by Gasteiger charge is -2.27. The van der Waals surface area contributed by atoms with Crippen LogP contribution in [0.2, 0.25) is 0 Å². The van der Waals surface area contributed by atoms with Gasteiger partial charge in [-0.3, -0.25) is 54.0 Å². The number of carbonyl (C=O) groups excluding carboxylic acids is 4. The second kappa shape index (κ2) is 42.8. The van der Waals surface area contributed by atoms with Gasteiger partial charge in [0.05, 0.1) is 125 Å². The monoisotopic (exact) mass is 1740 g/mol. The Morgan fingerprint density at radius 2 is 0.754 bits per heavy atom. The van der Waals surface area contributed by atoms with Gasteiger partial charge in [0, 0.05) is 177 Å². The summed E-state index contributed by atoms with van der Waals surface area (Å²) in [7, 11) is 0. The van der Waals surface area contributed by atoms with E-state index in [0.717, 1.165) is 161 Å². The number of hydrogen-bond acceptors (Lipinski definition) is 26. The second-order valence-corrected chi connectivity index (χ2v) is 30.5. The molecule has 654 valence electrons. The minimum Gasteiger partial charge on any atom is -0.476 e. The summed E-state index contributed by atoms with van der Waals surface area (Å²) in [6.07, 6.45) is 32.1. The quantitative estimate of drug-likeness (QED) is 0.0436. The maximum Gasteiger partial charge on any atom is 0.258 e. The molecule has 0 saturated carbocycles. The first-order valence-corrected chi connectivity index (χ1v) is 42.4. The number of rotatable bonds is 24. The van der Waals surface area contributed by atoms with E-state index in [-0.39, 0.29) is 23.6 Å². The average Bonchev–Trinajstić information content (AvgIpc) is 1.67. The Morgan fingerprint density at radius 3 is 1.15 bits per heavy atom. The van der Waals surface area contributed by atoms with Crippen molar-refractivity contribution in [1.82, 2.24) is 109 Å². The van der Waals surface area contributed by atoms with Gasteiger partial charge in [0.2, 0.25) is 5.88 Å². The van der Waals surface area contributed by atoms with E-state index in [2.05, 4.69) is 116 Å². The number of aryl methyl sites for hydroxylation is 4. The van der Waals surface area contributed by atoms with Crippen LogP contribution in [0.1, 0.15) is 82.7 Å². The highest BCUT2D eigenvalue weighted by Gasteiger charge is 2.21. The highest BCUT2D eigenvalue weighted by molar-refractivity contribution is 6.05. The van der Waals surface area contributed by atoms with Crippen molar-refractivity contribution in [2.45, 2.75) is 47.0 Å². The van der Waals surface area contributed by atoms with E-state index in [1.54, 1.807) is 148 Å². The summed E-state index contributed by atoms with van der Waals surface area (Å²) in [6, 6.07) is 52.1. The molecule has 3 fully saturated rings. The van der Waals surface area contributed by atoms with E-state index in [1.807, 2.05) is 162 Å². The molecule has 3 saturated heterocycles. The van der Waals surface area contributed by atoms with Crippen molar-refractivity contribution in [1.29, 1.82) is 0 Å².